The van der Waals surface area contributed by atoms with Crippen LogP contribution in [0.2, 0.25) is 0 Å². The summed E-state index contributed by atoms with van der Waals surface area (Å²) >= 11 is 0. The van der Waals surface area contributed by atoms with Crippen LogP contribution in [0.1, 0.15) is 45.4 Å². The molecule has 0 radical (unpaired) electrons. The van der Waals surface area contributed by atoms with Crippen molar-refractivity contribution in [1.29, 1.82) is 0 Å². The summed E-state index contributed by atoms with van der Waals surface area (Å²) in [5.41, 5.74) is 5.84. The molecule has 0 spiro atoms. The third kappa shape index (κ3) is 5.04. The van der Waals surface area contributed by atoms with E-state index >= 15 is 0 Å². The highest BCUT2D eigenvalue weighted by Gasteiger charge is 2.20. The van der Waals surface area contributed by atoms with Gasteiger partial charge in [-0.1, -0.05) is 0 Å². The number of carbonyl (C=O) groups excluding carboxylic acids is 2. The Hall–Kier alpha value is -1.10. The lowest BCUT2D eigenvalue weighted by molar-refractivity contribution is -0.128. The summed E-state index contributed by atoms with van der Waals surface area (Å²) in [6.45, 7) is 1.69. The number of hydrogen-bond acceptors (Lipinski definition) is 3. The molecule has 5 nitrogen and oxygen atoms in total. The van der Waals surface area contributed by atoms with Crippen molar-refractivity contribution < 1.29 is 9.59 Å². The molecule has 1 aliphatic rings. The van der Waals surface area contributed by atoms with Gasteiger partial charge in [0.15, 0.2) is 0 Å². The standard InChI is InChI=1S/C13H25N3O2/c1-9(13(18)15-2)16-12(17)8-5-10-3-6-11(14)7-4-10/h9-11H,3-8,14H2,1-2H3,(H,15,18)(H,16,17). The highest BCUT2D eigenvalue weighted by atomic mass is 16.2. The zero-order chi connectivity index (χ0) is 13.5. The molecule has 0 aromatic rings. The summed E-state index contributed by atoms with van der Waals surface area (Å²) < 4.78 is 0. The Balaban J connectivity index is 2.19. The lowest BCUT2D eigenvalue weighted by atomic mass is 9.84. The zero-order valence-corrected chi connectivity index (χ0v) is 11.4. The van der Waals surface area contributed by atoms with Gasteiger partial charge in [-0.2, -0.15) is 0 Å². The van der Waals surface area contributed by atoms with Gasteiger partial charge in [-0.25, -0.2) is 0 Å². The van der Waals surface area contributed by atoms with E-state index in [-0.39, 0.29) is 11.8 Å². The van der Waals surface area contributed by atoms with Crippen molar-refractivity contribution >= 4 is 11.8 Å². The molecule has 18 heavy (non-hydrogen) atoms. The Morgan fingerprint density at radius 3 is 2.44 bits per heavy atom. The second kappa shape index (κ2) is 7.36. The fourth-order valence-corrected chi connectivity index (χ4v) is 2.41. The van der Waals surface area contributed by atoms with Crippen LogP contribution in [0.5, 0.6) is 0 Å². The van der Waals surface area contributed by atoms with Crippen LogP contribution in [0, 0.1) is 5.92 Å². The minimum Gasteiger partial charge on any atom is -0.357 e. The Labute approximate surface area is 109 Å². The molecular weight excluding hydrogens is 230 g/mol. The SMILES string of the molecule is CNC(=O)C(C)NC(=O)CCC1CCC(N)CC1. The van der Waals surface area contributed by atoms with Gasteiger partial charge in [-0.3, -0.25) is 9.59 Å². The van der Waals surface area contributed by atoms with Crippen molar-refractivity contribution in [1.82, 2.24) is 10.6 Å². The van der Waals surface area contributed by atoms with Crippen molar-refractivity contribution in [3.05, 3.63) is 0 Å². The maximum absolute atomic E-state index is 11.7. The minimum absolute atomic E-state index is 0.0408. The highest BCUT2D eigenvalue weighted by molar-refractivity contribution is 5.86. The summed E-state index contributed by atoms with van der Waals surface area (Å²) in [5, 5.41) is 5.22. The summed E-state index contributed by atoms with van der Waals surface area (Å²) in [6, 6.07) is -0.106. The number of hydrogen-bond donors (Lipinski definition) is 3. The average Bonchev–Trinajstić information content (AvgIpc) is 2.37. The summed E-state index contributed by atoms with van der Waals surface area (Å²) in [4.78, 5) is 22.9. The fourth-order valence-electron chi connectivity index (χ4n) is 2.41. The minimum atomic E-state index is -0.456. The molecule has 1 unspecified atom stereocenters. The smallest absolute Gasteiger partial charge is 0.242 e. The number of nitrogens with one attached hydrogen (secondary N) is 2. The van der Waals surface area contributed by atoms with Crippen LogP contribution in [0.15, 0.2) is 0 Å². The molecule has 0 aromatic carbocycles. The van der Waals surface area contributed by atoms with Crippen LogP contribution in [0.3, 0.4) is 0 Å². The molecule has 0 aromatic heterocycles. The molecular formula is C13H25N3O2. The van der Waals surface area contributed by atoms with Gasteiger partial charge >= 0.3 is 0 Å². The number of nitrogens with two attached hydrogens (primary N) is 1. The number of amides is 2. The molecule has 5 heteroatoms. The van der Waals surface area contributed by atoms with Gasteiger partial charge in [0.25, 0.3) is 0 Å². The van der Waals surface area contributed by atoms with Crippen molar-refractivity contribution in [3.8, 4) is 0 Å². The lowest BCUT2D eigenvalue weighted by Gasteiger charge is -2.25. The molecule has 0 bridgehead atoms. The molecule has 0 heterocycles. The zero-order valence-electron chi connectivity index (χ0n) is 11.4. The molecule has 2 amide bonds. The predicted molar refractivity (Wildman–Crippen MR) is 70.8 cm³/mol. The molecule has 1 aliphatic carbocycles. The largest absolute Gasteiger partial charge is 0.357 e. The van der Waals surface area contributed by atoms with Gasteiger partial charge in [-0.15, -0.1) is 0 Å². The van der Waals surface area contributed by atoms with E-state index in [2.05, 4.69) is 10.6 Å². The Bertz CT molecular complexity index is 286. The van der Waals surface area contributed by atoms with Crippen molar-refractivity contribution in [2.75, 3.05) is 7.05 Å². The number of likely N-dealkylation sites (N-methyl/N-ethyl adjacent to an activating group) is 1. The van der Waals surface area contributed by atoms with Crippen molar-refractivity contribution in [3.63, 3.8) is 0 Å². The van der Waals surface area contributed by atoms with Crippen LogP contribution >= 0.6 is 0 Å². The third-order valence-corrected chi connectivity index (χ3v) is 3.69. The molecule has 104 valence electrons. The van der Waals surface area contributed by atoms with Crippen LogP contribution in [-0.2, 0) is 9.59 Å². The first-order valence-electron chi connectivity index (χ1n) is 6.79. The van der Waals surface area contributed by atoms with Crippen molar-refractivity contribution in [2.45, 2.75) is 57.5 Å². The molecule has 1 fully saturated rings. The summed E-state index contributed by atoms with van der Waals surface area (Å²) in [6.07, 6.45) is 5.79. The Morgan fingerprint density at radius 1 is 1.28 bits per heavy atom. The van der Waals surface area contributed by atoms with Gasteiger partial charge in [0.2, 0.25) is 11.8 Å². The van der Waals surface area contributed by atoms with E-state index in [1.165, 1.54) is 0 Å². The molecule has 1 atom stereocenters. The quantitative estimate of drug-likeness (QED) is 0.670. The second-order valence-electron chi connectivity index (χ2n) is 5.22. The predicted octanol–water partition coefficient (Wildman–Crippen LogP) is 0.535. The van der Waals surface area contributed by atoms with E-state index in [0.29, 0.717) is 18.4 Å². The lowest BCUT2D eigenvalue weighted by Crippen LogP contribution is -2.43. The van der Waals surface area contributed by atoms with Crippen LogP contribution in [-0.4, -0.2) is 30.9 Å². The van der Waals surface area contributed by atoms with E-state index in [1.54, 1.807) is 14.0 Å². The Kier molecular flexibility index (Phi) is 6.12. The maximum Gasteiger partial charge on any atom is 0.242 e. The van der Waals surface area contributed by atoms with E-state index in [4.69, 9.17) is 5.73 Å². The van der Waals surface area contributed by atoms with Gasteiger partial charge in [0, 0.05) is 19.5 Å². The monoisotopic (exact) mass is 255 g/mol. The van der Waals surface area contributed by atoms with Crippen LogP contribution in [0.4, 0.5) is 0 Å². The normalized spacial score (nSPS) is 25.3. The molecule has 1 saturated carbocycles. The van der Waals surface area contributed by atoms with Crippen molar-refractivity contribution in [2.24, 2.45) is 11.7 Å². The van der Waals surface area contributed by atoms with Gasteiger partial charge < -0.3 is 16.4 Å². The number of carbonyl (C=O) groups is 2. The first kappa shape index (κ1) is 15.0. The fraction of sp³-hybridized carbons (Fsp3) is 0.846. The summed E-state index contributed by atoms with van der Waals surface area (Å²) in [5.74, 6) is 0.416. The van der Waals surface area contributed by atoms with Crippen LogP contribution in [0.25, 0.3) is 0 Å². The average molecular weight is 255 g/mol. The Morgan fingerprint density at radius 2 is 1.89 bits per heavy atom. The first-order valence-corrected chi connectivity index (χ1v) is 6.79. The van der Waals surface area contributed by atoms with Gasteiger partial charge in [0.1, 0.15) is 6.04 Å². The van der Waals surface area contributed by atoms with E-state index in [0.717, 1.165) is 32.1 Å². The molecule has 0 saturated heterocycles. The second-order valence-corrected chi connectivity index (χ2v) is 5.22. The highest BCUT2D eigenvalue weighted by Crippen LogP contribution is 2.26. The van der Waals surface area contributed by atoms with Gasteiger partial charge in [-0.05, 0) is 44.9 Å². The van der Waals surface area contributed by atoms with Crippen LogP contribution < -0.4 is 16.4 Å². The molecule has 0 aliphatic heterocycles. The number of rotatable bonds is 5. The molecule has 4 N–H and O–H groups in total. The van der Waals surface area contributed by atoms with E-state index in [1.807, 2.05) is 0 Å². The van der Waals surface area contributed by atoms with Gasteiger partial charge in [0.05, 0.1) is 0 Å². The first-order chi connectivity index (χ1) is 8.52. The topological polar surface area (TPSA) is 84.2 Å². The summed E-state index contributed by atoms with van der Waals surface area (Å²) in [7, 11) is 1.57. The van der Waals surface area contributed by atoms with E-state index < -0.39 is 6.04 Å². The maximum atomic E-state index is 11.7. The van der Waals surface area contributed by atoms with E-state index in [9.17, 15) is 9.59 Å². The molecule has 1 rings (SSSR count). The third-order valence-electron chi connectivity index (χ3n) is 3.69.